The van der Waals surface area contributed by atoms with Gasteiger partial charge in [-0.25, -0.2) is 15.0 Å². The Hall–Kier alpha value is -3.02. The van der Waals surface area contributed by atoms with Crippen molar-refractivity contribution in [2.75, 3.05) is 11.8 Å². The lowest BCUT2D eigenvalue weighted by Gasteiger charge is -2.12. The van der Waals surface area contributed by atoms with Gasteiger partial charge in [0.1, 0.15) is 16.4 Å². The molecular formula is C18H14ClN5O4S2. The molecule has 0 atom stereocenters. The predicted molar refractivity (Wildman–Crippen MR) is 114 cm³/mol. The molecule has 154 valence electrons. The maximum absolute atomic E-state index is 12.7. The summed E-state index contributed by atoms with van der Waals surface area (Å²) >= 11 is 6.93. The number of hydrogen-bond donors (Lipinski definition) is 1. The van der Waals surface area contributed by atoms with Gasteiger partial charge in [0.2, 0.25) is 10.2 Å². The predicted octanol–water partition coefficient (Wildman–Crippen LogP) is 2.98. The van der Waals surface area contributed by atoms with Crippen LogP contribution in [0.2, 0.25) is 5.02 Å². The van der Waals surface area contributed by atoms with Crippen LogP contribution >= 0.6 is 22.9 Å². The Morgan fingerprint density at radius 3 is 2.63 bits per heavy atom. The van der Waals surface area contributed by atoms with Crippen molar-refractivity contribution in [3.63, 3.8) is 0 Å². The van der Waals surface area contributed by atoms with Gasteiger partial charge in [-0.05, 0) is 25.1 Å². The van der Waals surface area contributed by atoms with Gasteiger partial charge < -0.3 is 4.74 Å². The molecule has 0 bridgehead atoms. The van der Waals surface area contributed by atoms with E-state index in [1.807, 2.05) is 0 Å². The number of nitrogens with one attached hydrogen (secondary N) is 1. The maximum Gasteiger partial charge on any atom is 0.289 e. The Labute approximate surface area is 180 Å². The first kappa shape index (κ1) is 20.3. The molecule has 0 amide bonds. The third-order valence-corrected chi connectivity index (χ3v) is 7.04. The number of anilines is 1. The van der Waals surface area contributed by atoms with Gasteiger partial charge in [0.15, 0.2) is 0 Å². The molecule has 1 N–H and O–H groups in total. The molecule has 4 aromatic rings. The molecule has 0 aromatic carbocycles. The number of fused-ring (bicyclic) bond motifs is 1. The van der Waals surface area contributed by atoms with Crippen molar-refractivity contribution in [2.24, 2.45) is 0 Å². The number of halogens is 1. The topological polar surface area (TPSA) is 116 Å². The fraction of sp³-hybridized carbons (Fsp3) is 0.111. The zero-order chi connectivity index (χ0) is 21.5. The molecule has 0 unspecified atom stereocenters. The molecule has 30 heavy (non-hydrogen) atoms. The molecule has 12 heteroatoms. The lowest BCUT2D eigenvalue weighted by atomic mass is 10.1. The number of methoxy groups -OCH3 is 1. The SMILES string of the molecule is COc1ncc(-c2ccc3ncc(Cl)c(=O)n3c2)cc1NS(=O)(=O)c1ncc(C)s1. The van der Waals surface area contributed by atoms with Crippen LogP contribution in [0, 0.1) is 6.92 Å². The minimum atomic E-state index is -3.92. The van der Waals surface area contributed by atoms with Gasteiger partial charge in [0.05, 0.1) is 13.3 Å². The highest BCUT2D eigenvalue weighted by Crippen LogP contribution is 2.30. The fourth-order valence-electron chi connectivity index (χ4n) is 2.72. The number of aryl methyl sites for hydroxylation is 1. The van der Waals surface area contributed by atoms with Gasteiger partial charge in [0, 0.05) is 34.6 Å². The van der Waals surface area contributed by atoms with E-state index in [1.54, 1.807) is 31.3 Å². The van der Waals surface area contributed by atoms with Crippen LogP contribution in [-0.2, 0) is 10.0 Å². The number of pyridine rings is 2. The molecule has 4 aromatic heterocycles. The molecule has 0 saturated carbocycles. The zero-order valence-corrected chi connectivity index (χ0v) is 18.0. The van der Waals surface area contributed by atoms with E-state index in [1.165, 1.54) is 30.1 Å². The molecule has 0 spiro atoms. The first-order chi connectivity index (χ1) is 14.3. The van der Waals surface area contributed by atoms with Crippen LogP contribution in [0.25, 0.3) is 16.8 Å². The monoisotopic (exact) mass is 463 g/mol. The van der Waals surface area contributed by atoms with E-state index in [0.717, 1.165) is 16.2 Å². The zero-order valence-electron chi connectivity index (χ0n) is 15.7. The molecule has 0 aliphatic carbocycles. The second kappa shape index (κ2) is 7.67. The summed E-state index contributed by atoms with van der Waals surface area (Å²) in [6.45, 7) is 1.77. The molecule has 0 aliphatic heterocycles. The molecule has 4 heterocycles. The summed E-state index contributed by atoms with van der Waals surface area (Å²) in [5.41, 5.74) is 1.31. The Kier molecular flexibility index (Phi) is 5.18. The van der Waals surface area contributed by atoms with Crippen LogP contribution < -0.4 is 15.0 Å². The number of nitrogens with zero attached hydrogens (tertiary/aromatic N) is 4. The fourth-order valence-corrected chi connectivity index (χ4v) is 5.02. The van der Waals surface area contributed by atoms with Crippen LogP contribution in [0.5, 0.6) is 5.88 Å². The Morgan fingerprint density at radius 2 is 1.93 bits per heavy atom. The van der Waals surface area contributed by atoms with Crippen LogP contribution in [-0.4, -0.2) is 34.9 Å². The first-order valence-electron chi connectivity index (χ1n) is 8.45. The summed E-state index contributed by atoms with van der Waals surface area (Å²) in [7, 11) is -2.53. The van der Waals surface area contributed by atoms with Crippen molar-refractivity contribution in [3.05, 3.63) is 63.2 Å². The van der Waals surface area contributed by atoms with Crippen LogP contribution in [0.4, 0.5) is 5.69 Å². The Balaban J connectivity index is 1.79. The normalized spacial score (nSPS) is 11.6. The molecule has 0 fully saturated rings. The Bertz CT molecular complexity index is 1430. The average Bonchev–Trinajstić information content (AvgIpc) is 3.18. The van der Waals surface area contributed by atoms with Gasteiger partial charge >= 0.3 is 0 Å². The molecule has 0 aliphatic rings. The quantitative estimate of drug-likeness (QED) is 0.483. The third-order valence-electron chi connectivity index (χ3n) is 4.11. The number of sulfonamides is 1. The molecule has 0 radical (unpaired) electrons. The lowest BCUT2D eigenvalue weighted by molar-refractivity contribution is 0.400. The first-order valence-corrected chi connectivity index (χ1v) is 11.1. The van der Waals surface area contributed by atoms with Gasteiger partial charge in [0.25, 0.3) is 15.6 Å². The summed E-state index contributed by atoms with van der Waals surface area (Å²) in [5, 5.41) is -0.00954. The second-order valence-electron chi connectivity index (χ2n) is 6.18. The highest BCUT2D eigenvalue weighted by molar-refractivity contribution is 7.94. The van der Waals surface area contributed by atoms with Crippen molar-refractivity contribution in [2.45, 2.75) is 11.3 Å². The largest absolute Gasteiger partial charge is 0.480 e. The van der Waals surface area contributed by atoms with E-state index in [0.29, 0.717) is 16.8 Å². The van der Waals surface area contributed by atoms with E-state index in [-0.39, 0.29) is 20.9 Å². The molecular weight excluding hydrogens is 450 g/mol. The van der Waals surface area contributed by atoms with Crippen LogP contribution in [0.3, 0.4) is 0 Å². The molecule has 4 rings (SSSR count). The van der Waals surface area contributed by atoms with Gasteiger partial charge in [-0.3, -0.25) is 13.9 Å². The van der Waals surface area contributed by atoms with Crippen molar-refractivity contribution in [3.8, 4) is 17.0 Å². The van der Waals surface area contributed by atoms with Gasteiger partial charge in [-0.2, -0.15) is 8.42 Å². The smallest absolute Gasteiger partial charge is 0.289 e. The second-order valence-corrected chi connectivity index (χ2v) is 9.68. The van der Waals surface area contributed by atoms with Crippen molar-refractivity contribution in [1.29, 1.82) is 0 Å². The van der Waals surface area contributed by atoms with Crippen molar-refractivity contribution < 1.29 is 13.2 Å². The Morgan fingerprint density at radius 1 is 1.13 bits per heavy atom. The minimum Gasteiger partial charge on any atom is -0.480 e. The number of thiazole rings is 1. The molecule has 0 saturated heterocycles. The highest BCUT2D eigenvalue weighted by Gasteiger charge is 2.21. The number of ether oxygens (including phenoxy) is 1. The third kappa shape index (κ3) is 3.74. The van der Waals surface area contributed by atoms with Crippen LogP contribution in [0.1, 0.15) is 4.88 Å². The minimum absolute atomic E-state index is 0.00954. The number of aromatic nitrogens is 4. The van der Waals surface area contributed by atoms with E-state index >= 15 is 0 Å². The summed E-state index contributed by atoms with van der Waals surface area (Å²) in [5.74, 6) is 0.0956. The van der Waals surface area contributed by atoms with Crippen LogP contribution in [0.15, 0.2) is 52.1 Å². The highest BCUT2D eigenvalue weighted by atomic mass is 35.5. The van der Waals surface area contributed by atoms with Crippen molar-refractivity contribution in [1.82, 2.24) is 19.4 Å². The summed E-state index contributed by atoms with van der Waals surface area (Å²) in [6, 6.07) is 4.95. The van der Waals surface area contributed by atoms with E-state index in [9.17, 15) is 13.2 Å². The average molecular weight is 464 g/mol. The lowest BCUT2D eigenvalue weighted by Crippen LogP contribution is -2.15. The summed E-state index contributed by atoms with van der Waals surface area (Å²) < 4.78 is 34.2. The van der Waals surface area contributed by atoms with Gasteiger partial charge in [-0.1, -0.05) is 11.6 Å². The summed E-state index contributed by atoms with van der Waals surface area (Å²) in [6.07, 6.45) is 5.84. The number of rotatable bonds is 5. The van der Waals surface area contributed by atoms with E-state index in [2.05, 4.69) is 19.7 Å². The summed E-state index contributed by atoms with van der Waals surface area (Å²) in [4.78, 5) is 25.3. The molecule has 9 nitrogen and oxygen atoms in total. The van der Waals surface area contributed by atoms with E-state index in [4.69, 9.17) is 16.3 Å². The van der Waals surface area contributed by atoms with Gasteiger partial charge in [-0.15, -0.1) is 11.3 Å². The maximum atomic E-state index is 12.7. The number of hydrogen-bond acceptors (Lipinski definition) is 8. The van der Waals surface area contributed by atoms with E-state index < -0.39 is 15.6 Å². The van der Waals surface area contributed by atoms with Crippen molar-refractivity contribution >= 4 is 44.3 Å². The standard InChI is InChI=1S/C18H14ClN5O4S2/c1-10-6-22-18(29-10)30(26,27)23-14-5-12(7-21-16(14)28-2)11-3-4-15-20-8-13(19)17(25)24(15)9-11/h3-9,23H,1-2H3.